The van der Waals surface area contributed by atoms with Crippen LogP contribution in [0.4, 0.5) is 13.2 Å². The predicted molar refractivity (Wildman–Crippen MR) is 66.5 cm³/mol. The predicted octanol–water partition coefficient (Wildman–Crippen LogP) is 3.81. The van der Waals surface area contributed by atoms with Crippen molar-refractivity contribution in [2.45, 2.75) is 36.8 Å². The van der Waals surface area contributed by atoms with Gasteiger partial charge >= 0.3 is 6.18 Å². The van der Waals surface area contributed by atoms with Gasteiger partial charge in [-0.05, 0) is 30.2 Å². The van der Waals surface area contributed by atoms with E-state index in [4.69, 9.17) is 0 Å². The van der Waals surface area contributed by atoms with Gasteiger partial charge in [-0.3, -0.25) is 0 Å². The van der Waals surface area contributed by atoms with Crippen molar-refractivity contribution in [3.8, 4) is 0 Å². The Labute approximate surface area is 108 Å². The Morgan fingerprint density at radius 2 is 2.00 bits per heavy atom. The summed E-state index contributed by atoms with van der Waals surface area (Å²) in [4.78, 5) is 0. The first-order valence-electron chi connectivity index (χ1n) is 5.86. The van der Waals surface area contributed by atoms with Crippen LogP contribution in [0.25, 0.3) is 0 Å². The summed E-state index contributed by atoms with van der Waals surface area (Å²) in [6.45, 7) is 1.79. The topological polar surface area (TPSA) is 20.2 Å². The SMILES string of the molecule is CC1SCCCC1(O)c1ccccc1C(F)(F)F. The molecule has 100 valence electrons. The van der Waals surface area contributed by atoms with Crippen LogP contribution < -0.4 is 0 Å². The number of rotatable bonds is 1. The average Bonchev–Trinajstić information content (AvgIpc) is 2.32. The summed E-state index contributed by atoms with van der Waals surface area (Å²) in [5.74, 6) is 0.887. The van der Waals surface area contributed by atoms with Gasteiger partial charge in [0.1, 0.15) is 5.60 Å². The maximum absolute atomic E-state index is 13.0. The molecule has 0 aliphatic carbocycles. The minimum Gasteiger partial charge on any atom is -0.384 e. The van der Waals surface area contributed by atoms with E-state index in [0.29, 0.717) is 6.42 Å². The maximum atomic E-state index is 13.0. The van der Waals surface area contributed by atoms with Crippen LogP contribution in [0.15, 0.2) is 24.3 Å². The minimum absolute atomic E-state index is 0.0113. The second-order valence-electron chi connectivity index (χ2n) is 4.58. The van der Waals surface area contributed by atoms with Crippen LogP contribution in [0.5, 0.6) is 0 Å². The fourth-order valence-corrected chi connectivity index (χ4v) is 3.59. The molecule has 5 heteroatoms. The van der Waals surface area contributed by atoms with E-state index >= 15 is 0 Å². The summed E-state index contributed by atoms with van der Waals surface area (Å²) >= 11 is 1.52. The third kappa shape index (κ3) is 2.38. The number of halogens is 3. The van der Waals surface area contributed by atoms with Gasteiger partial charge in [0.25, 0.3) is 0 Å². The molecule has 18 heavy (non-hydrogen) atoms. The lowest BCUT2D eigenvalue weighted by molar-refractivity contribution is -0.141. The Morgan fingerprint density at radius 3 is 2.61 bits per heavy atom. The van der Waals surface area contributed by atoms with Crippen LogP contribution >= 0.6 is 11.8 Å². The van der Waals surface area contributed by atoms with Crippen LogP contribution in [0.2, 0.25) is 0 Å². The van der Waals surface area contributed by atoms with Gasteiger partial charge < -0.3 is 5.11 Å². The van der Waals surface area contributed by atoms with Crippen molar-refractivity contribution in [2.24, 2.45) is 0 Å². The lowest BCUT2D eigenvalue weighted by atomic mass is 9.83. The smallest absolute Gasteiger partial charge is 0.384 e. The average molecular weight is 276 g/mol. The largest absolute Gasteiger partial charge is 0.416 e. The molecule has 0 radical (unpaired) electrons. The highest BCUT2D eigenvalue weighted by Gasteiger charge is 2.44. The Hall–Kier alpha value is -0.680. The number of hydrogen-bond donors (Lipinski definition) is 1. The summed E-state index contributed by atoms with van der Waals surface area (Å²) < 4.78 is 38.9. The van der Waals surface area contributed by atoms with Gasteiger partial charge in [0.05, 0.1) is 5.56 Å². The van der Waals surface area contributed by atoms with E-state index in [1.165, 1.54) is 23.9 Å². The Bertz CT molecular complexity index is 432. The molecule has 0 aromatic heterocycles. The van der Waals surface area contributed by atoms with E-state index in [2.05, 4.69) is 0 Å². The highest BCUT2D eigenvalue weighted by atomic mass is 32.2. The Morgan fingerprint density at radius 1 is 1.33 bits per heavy atom. The fourth-order valence-electron chi connectivity index (χ4n) is 2.40. The van der Waals surface area contributed by atoms with Gasteiger partial charge in [0.15, 0.2) is 0 Å². The molecule has 0 spiro atoms. The molecule has 1 N–H and O–H groups in total. The molecule has 1 aromatic rings. The quantitative estimate of drug-likeness (QED) is 0.841. The number of benzene rings is 1. The summed E-state index contributed by atoms with van der Waals surface area (Å²) in [5.41, 5.74) is -2.09. The molecule has 1 fully saturated rings. The van der Waals surface area contributed by atoms with E-state index in [1.54, 1.807) is 13.0 Å². The van der Waals surface area contributed by atoms with Gasteiger partial charge in [-0.2, -0.15) is 24.9 Å². The molecule has 0 amide bonds. The van der Waals surface area contributed by atoms with Gasteiger partial charge in [-0.1, -0.05) is 25.1 Å². The van der Waals surface area contributed by atoms with Crippen molar-refractivity contribution in [2.75, 3.05) is 5.75 Å². The summed E-state index contributed by atoms with van der Waals surface area (Å²) in [6, 6.07) is 5.34. The first-order valence-corrected chi connectivity index (χ1v) is 6.91. The molecule has 2 rings (SSSR count). The monoisotopic (exact) mass is 276 g/mol. The van der Waals surface area contributed by atoms with Crippen molar-refractivity contribution in [1.82, 2.24) is 0 Å². The van der Waals surface area contributed by atoms with E-state index in [0.717, 1.165) is 18.2 Å². The third-order valence-corrected chi connectivity index (χ3v) is 4.86. The zero-order valence-electron chi connectivity index (χ0n) is 10.00. The van der Waals surface area contributed by atoms with Gasteiger partial charge in [0, 0.05) is 5.25 Å². The normalized spacial score (nSPS) is 29.3. The maximum Gasteiger partial charge on any atom is 0.416 e. The second-order valence-corrected chi connectivity index (χ2v) is 6.03. The molecule has 2 unspecified atom stereocenters. The van der Waals surface area contributed by atoms with E-state index in [1.807, 2.05) is 0 Å². The van der Waals surface area contributed by atoms with Crippen molar-refractivity contribution in [3.05, 3.63) is 35.4 Å². The highest BCUT2D eigenvalue weighted by molar-refractivity contribution is 8.00. The van der Waals surface area contributed by atoms with Crippen LogP contribution in [-0.4, -0.2) is 16.1 Å². The number of aliphatic hydroxyl groups is 1. The Balaban J connectivity index is 2.50. The molecule has 0 saturated carbocycles. The van der Waals surface area contributed by atoms with Crippen LogP contribution in [0.1, 0.15) is 30.9 Å². The third-order valence-electron chi connectivity index (χ3n) is 3.44. The second kappa shape index (κ2) is 4.78. The van der Waals surface area contributed by atoms with Crippen molar-refractivity contribution >= 4 is 11.8 Å². The molecule has 1 aliphatic heterocycles. The lowest BCUT2D eigenvalue weighted by Gasteiger charge is -2.39. The van der Waals surface area contributed by atoms with E-state index in [-0.39, 0.29) is 10.8 Å². The van der Waals surface area contributed by atoms with Crippen molar-refractivity contribution in [1.29, 1.82) is 0 Å². The number of thioether (sulfide) groups is 1. The molecule has 1 aromatic carbocycles. The standard InChI is InChI=1S/C13H15F3OS/c1-9-12(17,7-4-8-18-9)10-5-2-3-6-11(10)13(14,15)16/h2-3,5-6,9,17H,4,7-8H2,1H3. The van der Waals surface area contributed by atoms with Gasteiger partial charge in [-0.15, -0.1) is 0 Å². The molecule has 0 bridgehead atoms. The first kappa shape index (κ1) is 13.7. The van der Waals surface area contributed by atoms with Gasteiger partial charge in [-0.25, -0.2) is 0 Å². The van der Waals surface area contributed by atoms with Crippen LogP contribution in [0, 0.1) is 0 Å². The molecule has 1 nitrogen and oxygen atoms in total. The summed E-state index contributed by atoms with van der Waals surface area (Å²) in [7, 11) is 0. The molecular weight excluding hydrogens is 261 g/mol. The zero-order chi connectivity index (χ0) is 13.4. The molecular formula is C13H15F3OS. The van der Waals surface area contributed by atoms with Crippen LogP contribution in [-0.2, 0) is 11.8 Å². The van der Waals surface area contributed by atoms with Crippen LogP contribution in [0.3, 0.4) is 0 Å². The number of hydrogen-bond acceptors (Lipinski definition) is 2. The Kier molecular flexibility index (Phi) is 3.65. The van der Waals surface area contributed by atoms with Crippen molar-refractivity contribution in [3.63, 3.8) is 0 Å². The molecule has 1 heterocycles. The molecule has 1 saturated heterocycles. The van der Waals surface area contributed by atoms with E-state index in [9.17, 15) is 18.3 Å². The summed E-state index contributed by atoms with van der Waals surface area (Å²) in [6.07, 6.45) is -3.31. The lowest BCUT2D eigenvalue weighted by Crippen LogP contribution is -2.40. The fraction of sp³-hybridized carbons (Fsp3) is 0.538. The summed E-state index contributed by atoms with van der Waals surface area (Å²) in [5, 5.41) is 10.4. The zero-order valence-corrected chi connectivity index (χ0v) is 10.8. The molecule has 1 aliphatic rings. The minimum atomic E-state index is -4.42. The first-order chi connectivity index (χ1) is 8.36. The molecule has 2 atom stereocenters. The highest BCUT2D eigenvalue weighted by Crippen LogP contribution is 2.45. The van der Waals surface area contributed by atoms with E-state index < -0.39 is 17.3 Å². The van der Waals surface area contributed by atoms with Crippen molar-refractivity contribution < 1.29 is 18.3 Å². The number of alkyl halides is 3. The van der Waals surface area contributed by atoms with Gasteiger partial charge in [0.2, 0.25) is 0 Å².